The van der Waals surface area contributed by atoms with Crippen molar-refractivity contribution in [2.24, 2.45) is 0 Å². The molecule has 1 aliphatic rings. The molecule has 9 heteroatoms. The van der Waals surface area contributed by atoms with Crippen molar-refractivity contribution >= 4 is 22.9 Å². The molecule has 1 fully saturated rings. The van der Waals surface area contributed by atoms with E-state index < -0.39 is 0 Å². The van der Waals surface area contributed by atoms with E-state index in [2.05, 4.69) is 38.2 Å². The van der Waals surface area contributed by atoms with Gasteiger partial charge in [0.05, 0.1) is 18.0 Å². The van der Waals surface area contributed by atoms with Gasteiger partial charge < -0.3 is 9.26 Å². The van der Waals surface area contributed by atoms with Crippen molar-refractivity contribution in [1.82, 2.24) is 25.2 Å². The number of ether oxygens (including phenoxy) is 1. The highest BCUT2D eigenvalue weighted by Crippen LogP contribution is 2.36. The number of methoxy groups -OCH3 is 1. The zero-order chi connectivity index (χ0) is 18.9. The second-order valence-electron chi connectivity index (χ2n) is 6.88. The number of aromatic nitrogens is 4. The summed E-state index contributed by atoms with van der Waals surface area (Å²) in [6.45, 7) is 3.92. The number of nitrogens with zero attached hydrogens (tertiary/aromatic N) is 5. The minimum absolute atomic E-state index is 0.0583. The van der Waals surface area contributed by atoms with Crippen LogP contribution in [0.15, 0.2) is 28.8 Å². The van der Waals surface area contributed by atoms with Gasteiger partial charge in [0.2, 0.25) is 17.6 Å². The minimum Gasteiger partial charge on any atom is -0.480 e. The Hall–Kier alpha value is -2.03. The molecular weight excluding hydrogens is 386 g/mol. The van der Waals surface area contributed by atoms with Gasteiger partial charge in [0.1, 0.15) is 5.69 Å². The molecule has 0 radical (unpaired) electrons. The maximum absolute atomic E-state index is 6.09. The van der Waals surface area contributed by atoms with Crippen LogP contribution in [0.25, 0.3) is 11.5 Å². The van der Waals surface area contributed by atoms with Crippen LogP contribution in [-0.4, -0.2) is 44.4 Å². The molecule has 1 aliphatic heterocycles. The van der Waals surface area contributed by atoms with Crippen LogP contribution >= 0.6 is 22.9 Å². The first-order valence-corrected chi connectivity index (χ1v) is 9.95. The van der Waals surface area contributed by atoms with Gasteiger partial charge in [-0.1, -0.05) is 16.8 Å². The first-order chi connectivity index (χ1) is 13.1. The van der Waals surface area contributed by atoms with E-state index in [1.54, 1.807) is 30.6 Å². The molecule has 4 heterocycles. The van der Waals surface area contributed by atoms with Crippen molar-refractivity contribution in [3.8, 4) is 17.4 Å². The van der Waals surface area contributed by atoms with Crippen LogP contribution in [0.3, 0.4) is 0 Å². The molecule has 0 saturated carbocycles. The zero-order valence-electron chi connectivity index (χ0n) is 15.2. The van der Waals surface area contributed by atoms with Gasteiger partial charge in [-0.3, -0.25) is 4.90 Å². The molecule has 1 saturated heterocycles. The fraction of sp³-hybridized carbons (Fsp3) is 0.444. The molecule has 27 heavy (non-hydrogen) atoms. The SMILES string of the molecule is COc1ccc(-c2noc(CN3CCCC3(C)Cc3ccc(Cl)s3)n2)nn1. The molecule has 1 unspecified atom stereocenters. The van der Waals surface area contributed by atoms with Gasteiger partial charge in [-0.25, -0.2) is 0 Å². The van der Waals surface area contributed by atoms with E-state index >= 15 is 0 Å². The highest BCUT2D eigenvalue weighted by molar-refractivity contribution is 7.16. The first-order valence-electron chi connectivity index (χ1n) is 8.76. The van der Waals surface area contributed by atoms with E-state index in [-0.39, 0.29) is 5.54 Å². The quantitative estimate of drug-likeness (QED) is 0.616. The second-order valence-corrected chi connectivity index (χ2v) is 8.68. The topological polar surface area (TPSA) is 77.2 Å². The average Bonchev–Trinajstić information content (AvgIpc) is 3.38. The molecule has 3 aromatic heterocycles. The monoisotopic (exact) mass is 405 g/mol. The molecule has 0 bridgehead atoms. The number of hydrogen-bond acceptors (Lipinski definition) is 8. The van der Waals surface area contributed by atoms with E-state index in [4.69, 9.17) is 20.9 Å². The van der Waals surface area contributed by atoms with Crippen molar-refractivity contribution in [3.63, 3.8) is 0 Å². The summed E-state index contributed by atoms with van der Waals surface area (Å²) in [5, 5.41) is 12.1. The Morgan fingerprint density at radius 2 is 2.19 bits per heavy atom. The van der Waals surface area contributed by atoms with Gasteiger partial charge in [-0.2, -0.15) is 4.98 Å². The van der Waals surface area contributed by atoms with Gasteiger partial charge in [0.25, 0.3) is 0 Å². The molecule has 1 atom stereocenters. The summed E-state index contributed by atoms with van der Waals surface area (Å²) >= 11 is 7.74. The fourth-order valence-corrected chi connectivity index (χ4v) is 4.77. The molecule has 7 nitrogen and oxygen atoms in total. The molecule has 142 valence electrons. The zero-order valence-corrected chi connectivity index (χ0v) is 16.8. The van der Waals surface area contributed by atoms with Crippen molar-refractivity contribution in [3.05, 3.63) is 39.4 Å². The molecule has 0 aliphatic carbocycles. The number of hydrogen-bond donors (Lipinski definition) is 0. The lowest BCUT2D eigenvalue weighted by atomic mass is 9.93. The molecule has 0 spiro atoms. The van der Waals surface area contributed by atoms with E-state index in [0.29, 0.717) is 29.8 Å². The van der Waals surface area contributed by atoms with Crippen LogP contribution in [0.4, 0.5) is 0 Å². The predicted octanol–water partition coefficient (Wildman–Crippen LogP) is 3.85. The maximum Gasteiger partial charge on any atom is 0.241 e. The largest absolute Gasteiger partial charge is 0.480 e. The Bertz CT molecular complexity index is 913. The molecule has 3 aromatic rings. The summed E-state index contributed by atoms with van der Waals surface area (Å²) in [5.74, 6) is 1.47. The van der Waals surface area contributed by atoms with Crippen molar-refractivity contribution < 1.29 is 9.26 Å². The van der Waals surface area contributed by atoms with Gasteiger partial charge >= 0.3 is 0 Å². The summed E-state index contributed by atoms with van der Waals surface area (Å²) < 4.78 is 11.3. The van der Waals surface area contributed by atoms with Crippen molar-refractivity contribution in [2.45, 2.75) is 38.3 Å². The summed E-state index contributed by atoms with van der Waals surface area (Å²) in [7, 11) is 1.55. The van der Waals surface area contributed by atoms with E-state index in [1.165, 1.54) is 4.88 Å². The normalized spacial score (nSPS) is 20.3. The fourth-order valence-electron chi connectivity index (χ4n) is 3.51. The lowest BCUT2D eigenvalue weighted by Gasteiger charge is -2.34. The number of halogens is 1. The number of thiophene rings is 1. The van der Waals surface area contributed by atoms with Crippen LogP contribution in [0, 0.1) is 0 Å². The lowest BCUT2D eigenvalue weighted by Crippen LogP contribution is -2.42. The number of likely N-dealkylation sites (tertiary alicyclic amines) is 1. The Kier molecular flexibility index (Phi) is 5.12. The highest BCUT2D eigenvalue weighted by Gasteiger charge is 2.37. The molecule has 0 aromatic carbocycles. The number of rotatable bonds is 6. The van der Waals surface area contributed by atoms with Crippen LogP contribution in [0.5, 0.6) is 5.88 Å². The van der Waals surface area contributed by atoms with Gasteiger partial charge in [-0.05, 0) is 50.9 Å². The van der Waals surface area contributed by atoms with Crippen LogP contribution in [0.2, 0.25) is 4.34 Å². The van der Waals surface area contributed by atoms with Crippen molar-refractivity contribution in [2.75, 3.05) is 13.7 Å². The Morgan fingerprint density at radius 1 is 1.30 bits per heavy atom. The third-order valence-corrected chi connectivity index (χ3v) is 6.19. The highest BCUT2D eigenvalue weighted by atomic mass is 35.5. The van der Waals surface area contributed by atoms with Gasteiger partial charge in [-0.15, -0.1) is 21.5 Å². The second kappa shape index (κ2) is 7.53. The summed E-state index contributed by atoms with van der Waals surface area (Å²) in [6, 6.07) is 7.56. The van der Waals surface area contributed by atoms with Gasteiger partial charge in [0.15, 0.2) is 0 Å². The van der Waals surface area contributed by atoms with E-state index in [9.17, 15) is 0 Å². The third-order valence-electron chi connectivity index (χ3n) is 4.96. The first kappa shape index (κ1) is 18.3. The lowest BCUT2D eigenvalue weighted by molar-refractivity contribution is 0.130. The van der Waals surface area contributed by atoms with Crippen LogP contribution < -0.4 is 4.74 Å². The molecular formula is C18H20ClN5O2S. The Balaban J connectivity index is 1.47. The Morgan fingerprint density at radius 3 is 2.89 bits per heavy atom. The summed E-state index contributed by atoms with van der Waals surface area (Å²) in [6.07, 6.45) is 3.25. The third kappa shape index (κ3) is 3.97. The van der Waals surface area contributed by atoms with Crippen molar-refractivity contribution in [1.29, 1.82) is 0 Å². The Labute approximate surface area is 166 Å². The summed E-state index contributed by atoms with van der Waals surface area (Å²) in [4.78, 5) is 8.21. The van der Waals surface area contributed by atoms with Crippen LogP contribution in [-0.2, 0) is 13.0 Å². The maximum atomic E-state index is 6.09. The minimum atomic E-state index is 0.0583. The van der Waals surface area contributed by atoms with Gasteiger partial charge in [0, 0.05) is 16.5 Å². The van der Waals surface area contributed by atoms with E-state index in [0.717, 1.165) is 30.1 Å². The predicted molar refractivity (Wildman–Crippen MR) is 103 cm³/mol. The molecule has 4 rings (SSSR count). The molecule has 0 N–H and O–H groups in total. The summed E-state index contributed by atoms with van der Waals surface area (Å²) in [5.41, 5.74) is 0.617. The molecule has 0 amide bonds. The van der Waals surface area contributed by atoms with Crippen LogP contribution in [0.1, 0.15) is 30.5 Å². The van der Waals surface area contributed by atoms with E-state index in [1.807, 2.05) is 6.07 Å². The smallest absolute Gasteiger partial charge is 0.241 e. The standard InChI is InChI=1S/C18H20ClN5O2S/c1-18(10-12-4-6-14(19)27-12)8-3-9-24(18)11-16-20-17(23-26-16)13-5-7-15(25-2)22-21-13/h4-7H,3,8-11H2,1-2H3. The average molecular weight is 406 g/mol.